The lowest BCUT2D eigenvalue weighted by Gasteiger charge is -2.08. The van der Waals surface area contributed by atoms with Crippen LogP contribution in [-0.4, -0.2) is 23.0 Å². The van der Waals surface area contributed by atoms with Crippen molar-refractivity contribution in [2.75, 3.05) is 10.6 Å². The van der Waals surface area contributed by atoms with E-state index in [4.69, 9.17) is 0 Å². The fourth-order valence-corrected chi connectivity index (χ4v) is 3.46. The number of nitrogens with one attached hydrogen (secondary N) is 2. The number of hydrogen-bond acceptors (Lipinski definition) is 5. The van der Waals surface area contributed by atoms with Gasteiger partial charge in [-0.05, 0) is 11.4 Å². The fraction of sp³-hybridized carbons (Fsp3) is 0.0625. The van der Waals surface area contributed by atoms with Crippen molar-refractivity contribution >= 4 is 45.3 Å². The molecule has 2 aromatic heterocycles. The highest BCUT2D eigenvalue weighted by molar-refractivity contribution is 7.15. The third-order valence-electron chi connectivity index (χ3n) is 3.17. The van der Waals surface area contributed by atoms with Crippen LogP contribution in [0.5, 0.6) is 0 Å². The third-order valence-corrected chi connectivity index (χ3v) is 4.84. The second-order valence-electron chi connectivity index (χ2n) is 4.97. The molecule has 3 aromatic rings. The van der Waals surface area contributed by atoms with E-state index in [9.17, 15) is 22.8 Å². The van der Waals surface area contributed by atoms with Gasteiger partial charge in [-0.3, -0.25) is 14.9 Å². The summed E-state index contributed by atoms with van der Waals surface area (Å²) in [5, 5.41) is 7.70. The van der Waals surface area contributed by atoms with Crippen LogP contribution in [0, 0.1) is 0 Å². The highest BCUT2D eigenvalue weighted by Gasteiger charge is 2.39. The number of halogens is 3. The molecular weight excluding hydrogens is 387 g/mol. The van der Waals surface area contributed by atoms with Gasteiger partial charge in [0.15, 0.2) is 5.13 Å². The standard InChI is InChI=1S/C16H10F3N3O2S2/c17-16(18,19)14(24)20-10-6-7-25-12(10)13(23)22-15-21-11(8-26-15)9-4-2-1-3-5-9/h1-8H,(H,20,24)(H,21,22,23). The molecule has 3 rings (SSSR count). The minimum Gasteiger partial charge on any atom is -0.317 e. The molecule has 0 fully saturated rings. The van der Waals surface area contributed by atoms with Gasteiger partial charge in [0.05, 0.1) is 11.4 Å². The van der Waals surface area contributed by atoms with E-state index in [-0.39, 0.29) is 10.6 Å². The van der Waals surface area contributed by atoms with Crippen LogP contribution < -0.4 is 10.6 Å². The molecule has 0 aliphatic heterocycles. The lowest BCUT2D eigenvalue weighted by Crippen LogP contribution is -2.30. The zero-order valence-electron chi connectivity index (χ0n) is 12.8. The molecule has 2 heterocycles. The van der Waals surface area contributed by atoms with E-state index in [1.807, 2.05) is 30.3 Å². The summed E-state index contributed by atoms with van der Waals surface area (Å²) in [6.45, 7) is 0. The lowest BCUT2D eigenvalue weighted by atomic mass is 10.2. The lowest BCUT2D eigenvalue weighted by molar-refractivity contribution is -0.167. The Bertz CT molecular complexity index is 936. The first-order chi connectivity index (χ1) is 12.3. The minimum absolute atomic E-state index is 0.0425. The van der Waals surface area contributed by atoms with Crippen molar-refractivity contribution in [3.8, 4) is 11.3 Å². The van der Waals surface area contributed by atoms with Crippen LogP contribution in [0.2, 0.25) is 0 Å². The van der Waals surface area contributed by atoms with Gasteiger partial charge < -0.3 is 5.32 Å². The summed E-state index contributed by atoms with van der Waals surface area (Å²) in [4.78, 5) is 27.6. The van der Waals surface area contributed by atoms with Crippen LogP contribution in [-0.2, 0) is 4.79 Å². The molecule has 134 valence electrons. The SMILES string of the molecule is O=C(Nc1nc(-c2ccccc2)cs1)c1sccc1NC(=O)C(F)(F)F. The second-order valence-corrected chi connectivity index (χ2v) is 6.75. The average Bonchev–Trinajstić information content (AvgIpc) is 3.24. The number of carbonyl (C=O) groups excluding carboxylic acids is 2. The highest BCUT2D eigenvalue weighted by Crippen LogP contribution is 2.28. The van der Waals surface area contributed by atoms with Crippen molar-refractivity contribution < 1.29 is 22.8 Å². The fourth-order valence-electron chi connectivity index (χ4n) is 2.00. The number of amides is 2. The first-order valence-electron chi connectivity index (χ1n) is 7.12. The molecule has 0 bridgehead atoms. The molecule has 0 spiro atoms. The van der Waals surface area contributed by atoms with Gasteiger partial charge in [-0.1, -0.05) is 30.3 Å². The summed E-state index contributed by atoms with van der Waals surface area (Å²) < 4.78 is 37.1. The first kappa shape index (κ1) is 18.1. The van der Waals surface area contributed by atoms with Crippen LogP contribution in [0.25, 0.3) is 11.3 Å². The Balaban J connectivity index is 1.73. The summed E-state index contributed by atoms with van der Waals surface area (Å²) in [5.74, 6) is -2.78. The van der Waals surface area contributed by atoms with Crippen molar-refractivity contribution in [3.05, 3.63) is 52.0 Å². The second kappa shape index (κ2) is 7.26. The van der Waals surface area contributed by atoms with Gasteiger partial charge in [0.1, 0.15) is 4.88 Å². The van der Waals surface area contributed by atoms with Crippen LogP contribution in [0.1, 0.15) is 9.67 Å². The van der Waals surface area contributed by atoms with Crippen LogP contribution in [0.4, 0.5) is 24.0 Å². The van der Waals surface area contributed by atoms with Crippen molar-refractivity contribution in [1.29, 1.82) is 0 Å². The Morgan fingerprint density at radius 1 is 1.00 bits per heavy atom. The minimum atomic E-state index is -5.03. The van der Waals surface area contributed by atoms with Crippen molar-refractivity contribution in [2.24, 2.45) is 0 Å². The Morgan fingerprint density at radius 3 is 2.42 bits per heavy atom. The molecule has 2 N–H and O–H groups in total. The monoisotopic (exact) mass is 397 g/mol. The Kier molecular flexibility index (Phi) is 5.05. The number of benzene rings is 1. The summed E-state index contributed by atoms with van der Waals surface area (Å²) in [5.41, 5.74) is 1.34. The van der Waals surface area contributed by atoms with Crippen LogP contribution in [0.15, 0.2) is 47.2 Å². The maximum atomic E-state index is 12.4. The number of thiazole rings is 1. The van der Waals surface area contributed by atoms with Crippen LogP contribution >= 0.6 is 22.7 Å². The molecule has 10 heteroatoms. The summed E-state index contributed by atoms with van der Waals surface area (Å²) in [7, 11) is 0. The summed E-state index contributed by atoms with van der Waals surface area (Å²) >= 11 is 2.10. The van der Waals surface area contributed by atoms with E-state index in [1.54, 1.807) is 10.7 Å². The molecule has 0 unspecified atom stereocenters. The Labute approximate surface area is 153 Å². The number of rotatable bonds is 4. The highest BCUT2D eigenvalue weighted by atomic mass is 32.1. The Morgan fingerprint density at radius 2 is 1.73 bits per heavy atom. The summed E-state index contributed by atoms with van der Waals surface area (Å²) in [6, 6.07) is 10.5. The number of thiophene rings is 1. The van der Waals surface area contributed by atoms with Crippen LogP contribution in [0.3, 0.4) is 0 Å². The maximum absolute atomic E-state index is 12.4. The number of aromatic nitrogens is 1. The van der Waals surface area contributed by atoms with Gasteiger partial charge in [0.25, 0.3) is 5.91 Å². The number of alkyl halides is 3. The molecule has 0 aliphatic carbocycles. The number of hydrogen-bond donors (Lipinski definition) is 2. The molecule has 0 saturated heterocycles. The molecule has 26 heavy (non-hydrogen) atoms. The number of nitrogens with zero attached hydrogens (tertiary/aromatic N) is 1. The van der Waals surface area contributed by atoms with E-state index in [1.165, 1.54) is 22.8 Å². The van der Waals surface area contributed by atoms with Gasteiger partial charge in [-0.2, -0.15) is 13.2 Å². The predicted molar refractivity (Wildman–Crippen MR) is 94.5 cm³/mol. The van der Waals surface area contributed by atoms with E-state index < -0.39 is 18.0 Å². The van der Waals surface area contributed by atoms with Gasteiger partial charge in [0.2, 0.25) is 0 Å². The van der Waals surface area contributed by atoms with Crippen molar-refractivity contribution in [1.82, 2.24) is 4.98 Å². The quantitative estimate of drug-likeness (QED) is 0.675. The van der Waals surface area contributed by atoms with Gasteiger partial charge >= 0.3 is 12.1 Å². The molecule has 5 nitrogen and oxygen atoms in total. The van der Waals surface area contributed by atoms with Crippen molar-refractivity contribution in [2.45, 2.75) is 6.18 Å². The molecular formula is C16H10F3N3O2S2. The van der Waals surface area contributed by atoms with E-state index in [0.29, 0.717) is 10.8 Å². The number of carbonyl (C=O) groups is 2. The molecule has 0 radical (unpaired) electrons. The zero-order valence-corrected chi connectivity index (χ0v) is 14.5. The van der Waals surface area contributed by atoms with Crippen molar-refractivity contribution in [3.63, 3.8) is 0 Å². The predicted octanol–water partition coefficient (Wildman–Crippen LogP) is 4.62. The first-order valence-corrected chi connectivity index (χ1v) is 8.88. The molecule has 0 aliphatic rings. The number of anilines is 2. The normalized spacial score (nSPS) is 11.2. The summed E-state index contributed by atoms with van der Waals surface area (Å²) in [6.07, 6.45) is -5.03. The Hall–Kier alpha value is -2.72. The molecule has 0 atom stereocenters. The molecule has 1 aromatic carbocycles. The smallest absolute Gasteiger partial charge is 0.317 e. The van der Waals surface area contributed by atoms with Gasteiger partial charge in [-0.15, -0.1) is 22.7 Å². The van der Waals surface area contributed by atoms with E-state index in [2.05, 4.69) is 10.3 Å². The zero-order chi connectivity index (χ0) is 18.7. The van der Waals surface area contributed by atoms with E-state index in [0.717, 1.165) is 16.9 Å². The average molecular weight is 397 g/mol. The van der Waals surface area contributed by atoms with E-state index >= 15 is 0 Å². The maximum Gasteiger partial charge on any atom is 0.471 e. The largest absolute Gasteiger partial charge is 0.471 e. The topological polar surface area (TPSA) is 71.1 Å². The molecule has 0 saturated carbocycles. The third kappa shape index (κ3) is 4.09. The molecule has 2 amide bonds. The van der Waals surface area contributed by atoms with Gasteiger partial charge in [-0.25, -0.2) is 4.98 Å². The van der Waals surface area contributed by atoms with Gasteiger partial charge in [0, 0.05) is 10.9 Å².